The maximum Gasteiger partial charge on any atom is 0.101 e. The van der Waals surface area contributed by atoms with Gasteiger partial charge in [-0.25, -0.2) is 0 Å². The lowest BCUT2D eigenvalue weighted by atomic mass is 10.0. The van der Waals surface area contributed by atoms with E-state index in [-0.39, 0.29) is 5.38 Å². The van der Waals surface area contributed by atoms with Gasteiger partial charge in [0.1, 0.15) is 5.38 Å². The van der Waals surface area contributed by atoms with Crippen molar-refractivity contribution in [2.45, 2.75) is 19.2 Å². The van der Waals surface area contributed by atoms with Gasteiger partial charge in [0.25, 0.3) is 0 Å². The van der Waals surface area contributed by atoms with Gasteiger partial charge in [-0.05, 0) is 53.0 Å². The van der Waals surface area contributed by atoms with Gasteiger partial charge in [-0.3, -0.25) is 4.98 Å². The molecular weight excluding hydrogens is 298 g/mol. The lowest BCUT2D eigenvalue weighted by Gasteiger charge is -2.13. The molecule has 1 atom stereocenters. The van der Waals surface area contributed by atoms with Crippen LogP contribution < -0.4 is 0 Å². The zero-order chi connectivity index (χ0) is 12.4. The molecule has 2 aromatic rings. The van der Waals surface area contributed by atoms with Crippen molar-refractivity contribution in [1.29, 1.82) is 0 Å². The van der Waals surface area contributed by atoms with Crippen LogP contribution in [0.25, 0.3) is 0 Å². The van der Waals surface area contributed by atoms with Crippen LogP contribution in [0.2, 0.25) is 0 Å². The van der Waals surface area contributed by atoms with Gasteiger partial charge < -0.3 is 0 Å². The predicted molar refractivity (Wildman–Crippen MR) is 75.5 cm³/mol. The number of nitrogens with zero attached hydrogens (tertiary/aromatic N) is 1. The van der Waals surface area contributed by atoms with Crippen molar-refractivity contribution in [2.75, 3.05) is 0 Å². The first-order chi connectivity index (χ1) is 8.08. The Morgan fingerprint density at radius 1 is 1.18 bits per heavy atom. The Labute approximate surface area is 115 Å². The van der Waals surface area contributed by atoms with Crippen LogP contribution in [0, 0.1) is 13.8 Å². The van der Waals surface area contributed by atoms with E-state index in [2.05, 4.69) is 53.0 Å². The summed E-state index contributed by atoms with van der Waals surface area (Å²) in [6, 6.07) is 10.2. The largest absolute Gasteiger partial charge is 0.258 e. The molecule has 17 heavy (non-hydrogen) atoms. The molecule has 0 aliphatic carbocycles. The van der Waals surface area contributed by atoms with Crippen molar-refractivity contribution < 1.29 is 0 Å². The molecule has 0 radical (unpaired) electrons. The summed E-state index contributed by atoms with van der Waals surface area (Å²) in [7, 11) is 0. The number of benzene rings is 1. The molecule has 0 aliphatic heterocycles. The molecule has 1 heterocycles. The van der Waals surface area contributed by atoms with E-state index in [0.29, 0.717) is 0 Å². The maximum atomic E-state index is 6.46. The quantitative estimate of drug-likeness (QED) is 0.727. The van der Waals surface area contributed by atoms with Crippen LogP contribution in [-0.4, -0.2) is 4.98 Å². The smallest absolute Gasteiger partial charge is 0.101 e. The minimum absolute atomic E-state index is 0.191. The lowest BCUT2D eigenvalue weighted by Crippen LogP contribution is -1.99. The number of aryl methyl sites for hydroxylation is 2. The highest BCUT2D eigenvalue weighted by Gasteiger charge is 2.14. The number of pyridine rings is 1. The third kappa shape index (κ3) is 2.88. The number of halogens is 2. The van der Waals surface area contributed by atoms with Crippen molar-refractivity contribution >= 4 is 27.5 Å². The number of hydrogen-bond donors (Lipinski definition) is 0. The first-order valence-corrected chi connectivity index (χ1v) is 6.63. The molecule has 0 amide bonds. The molecule has 0 bridgehead atoms. The van der Waals surface area contributed by atoms with Crippen molar-refractivity contribution in [2.24, 2.45) is 0 Å². The Bertz CT molecular complexity index is 522. The van der Waals surface area contributed by atoms with Gasteiger partial charge in [0.15, 0.2) is 0 Å². The number of hydrogen-bond acceptors (Lipinski definition) is 1. The Hall–Kier alpha value is -0.860. The van der Waals surface area contributed by atoms with E-state index in [1.807, 2.05) is 12.1 Å². The summed E-state index contributed by atoms with van der Waals surface area (Å²) < 4.78 is 0.964. The van der Waals surface area contributed by atoms with Crippen LogP contribution >= 0.6 is 27.5 Å². The highest BCUT2D eigenvalue weighted by molar-refractivity contribution is 9.10. The molecule has 0 saturated heterocycles. The van der Waals surface area contributed by atoms with E-state index in [9.17, 15) is 0 Å². The van der Waals surface area contributed by atoms with Crippen molar-refractivity contribution in [3.05, 3.63) is 63.4 Å². The molecule has 1 aromatic heterocycles. The Balaban J connectivity index is 2.36. The molecule has 0 aliphatic rings. The second-order valence-corrected chi connectivity index (χ2v) is 5.48. The second kappa shape index (κ2) is 5.19. The van der Waals surface area contributed by atoms with Gasteiger partial charge >= 0.3 is 0 Å². The van der Waals surface area contributed by atoms with E-state index in [4.69, 9.17) is 11.6 Å². The molecule has 1 nitrogen and oxygen atoms in total. The van der Waals surface area contributed by atoms with Gasteiger partial charge in [0, 0.05) is 10.7 Å². The van der Waals surface area contributed by atoms with Crippen LogP contribution in [0.15, 0.2) is 41.0 Å². The van der Waals surface area contributed by atoms with Crippen LogP contribution in [0.5, 0.6) is 0 Å². The monoisotopic (exact) mass is 309 g/mol. The average Bonchev–Trinajstić information content (AvgIpc) is 2.29. The molecule has 88 valence electrons. The normalized spacial score (nSPS) is 12.5. The third-order valence-corrected chi connectivity index (χ3v) is 3.64. The first kappa shape index (κ1) is 12.6. The summed E-state index contributed by atoms with van der Waals surface area (Å²) in [4.78, 5) is 4.34. The molecule has 0 spiro atoms. The van der Waals surface area contributed by atoms with Gasteiger partial charge in [0.2, 0.25) is 0 Å². The highest BCUT2D eigenvalue weighted by Crippen LogP contribution is 2.30. The van der Waals surface area contributed by atoms with Crippen LogP contribution in [-0.2, 0) is 0 Å². The predicted octanol–water partition coefficient (Wildman–Crippen LogP) is 4.79. The van der Waals surface area contributed by atoms with Gasteiger partial charge in [0.05, 0.1) is 5.69 Å². The van der Waals surface area contributed by atoms with Crippen LogP contribution in [0.4, 0.5) is 0 Å². The summed E-state index contributed by atoms with van der Waals surface area (Å²) in [5.74, 6) is 0. The fourth-order valence-corrected chi connectivity index (χ4v) is 2.41. The summed E-state index contributed by atoms with van der Waals surface area (Å²) >= 11 is 9.83. The van der Waals surface area contributed by atoms with E-state index in [1.54, 1.807) is 6.20 Å². The summed E-state index contributed by atoms with van der Waals surface area (Å²) in [6.45, 7) is 4.16. The SMILES string of the molecule is Cc1ccc(C(Cl)c2ccc(Br)cn2)c(C)c1. The maximum absolute atomic E-state index is 6.46. The molecule has 0 saturated carbocycles. The van der Waals surface area contributed by atoms with E-state index in [1.165, 1.54) is 11.1 Å². The summed E-state index contributed by atoms with van der Waals surface area (Å²) in [5.41, 5.74) is 4.45. The highest BCUT2D eigenvalue weighted by atomic mass is 79.9. The zero-order valence-electron chi connectivity index (χ0n) is 9.74. The van der Waals surface area contributed by atoms with Gasteiger partial charge in [-0.1, -0.05) is 23.8 Å². The minimum Gasteiger partial charge on any atom is -0.258 e. The fourth-order valence-electron chi connectivity index (χ4n) is 1.81. The van der Waals surface area contributed by atoms with Crippen LogP contribution in [0.3, 0.4) is 0 Å². The molecule has 0 N–H and O–H groups in total. The molecule has 0 fully saturated rings. The van der Waals surface area contributed by atoms with Crippen molar-refractivity contribution in [3.8, 4) is 0 Å². The Morgan fingerprint density at radius 3 is 2.53 bits per heavy atom. The second-order valence-electron chi connectivity index (χ2n) is 4.12. The standard InChI is InChI=1S/C14H13BrClN/c1-9-3-5-12(10(2)7-9)14(16)13-6-4-11(15)8-17-13/h3-8,14H,1-2H3. The lowest BCUT2D eigenvalue weighted by molar-refractivity contribution is 1.02. The average molecular weight is 311 g/mol. The topological polar surface area (TPSA) is 12.9 Å². The Kier molecular flexibility index (Phi) is 3.85. The minimum atomic E-state index is -0.191. The first-order valence-electron chi connectivity index (χ1n) is 5.40. The third-order valence-electron chi connectivity index (χ3n) is 2.71. The molecule has 1 aromatic carbocycles. The van der Waals surface area contributed by atoms with Crippen LogP contribution in [0.1, 0.15) is 27.8 Å². The zero-order valence-corrected chi connectivity index (χ0v) is 12.1. The van der Waals surface area contributed by atoms with Gasteiger partial charge in [-0.2, -0.15) is 0 Å². The molecule has 3 heteroatoms. The summed E-state index contributed by atoms with van der Waals surface area (Å²) in [6.07, 6.45) is 1.77. The molecule has 1 unspecified atom stereocenters. The Morgan fingerprint density at radius 2 is 1.94 bits per heavy atom. The number of aromatic nitrogens is 1. The van der Waals surface area contributed by atoms with E-state index < -0.39 is 0 Å². The molecule has 2 rings (SSSR count). The fraction of sp³-hybridized carbons (Fsp3) is 0.214. The van der Waals surface area contributed by atoms with Crippen molar-refractivity contribution in [3.63, 3.8) is 0 Å². The van der Waals surface area contributed by atoms with E-state index in [0.717, 1.165) is 15.7 Å². The summed E-state index contributed by atoms with van der Waals surface area (Å²) in [5, 5.41) is -0.191. The van der Waals surface area contributed by atoms with E-state index >= 15 is 0 Å². The van der Waals surface area contributed by atoms with Crippen molar-refractivity contribution in [1.82, 2.24) is 4.98 Å². The molecular formula is C14H13BrClN. The number of alkyl halides is 1. The number of rotatable bonds is 2. The van der Waals surface area contributed by atoms with Gasteiger partial charge in [-0.15, -0.1) is 11.6 Å².